The third kappa shape index (κ3) is 7.88. The molecule has 8 nitrogen and oxygen atoms in total. The van der Waals surface area contributed by atoms with Crippen LogP contribution < -0.4 is 10.0 Å². The summed E-state index contributed by atoms with van der Waals surface area (Å²) in [7, 11) is -3.76. The zero-order valence-electron chi connectivity index (χ0n) is 20.9. The first kappa shape index (κ1) is 27.8. The number of hydrogen-bond donors (Lipinski definition) is 3. The highest BCUT2D eigenvalue weighted by molar-refractivity contribution is 7.89. The van der Waals surface area contributed by atoms with Crippen molar-refractivity contribution in [3.8, 4) is 0 Å². The minimum absolute atomic E-state index is 0.00530. The maximum absolute atomic E-state index is 13.4. The molecule has 1 saturated carbocycles. The lowest BCUT2D eigenvalue weighted by Crippen LogP contribution is -2.54. The van der Waals surface area contributed by atoms with E-state index < -0.39 is 16.1 Å². The number of rotatable bonds is 12. The number of nitrogens with one attached hydrogen (secondary N) is 2. The van der Waals surface area contributed by atoms with Crippen LogP contribution in [0.3, 0.4) is 0 Å². The second-order valence-corrected chi connectivity index (χ2v) is 11.1. The SMILES string of the molecule is Cc1ccc(S(=O)(=O)NCCC(=O)N(CCO)C(C(=O)NCc2ccccc2)C2CCCCC2)cc1. The van der Waals surface area contributed by atoms with Crippen molar-refractivity contribution in [3.05, 3.63) is 65.7 Å². The average Bonchev–Trinajstić information content (AvgIpc) is 2.88. The largest absolute Gasteiger partial charge is 0.395 e. The van der Waals surface area contributed by atoms with E-state index in [1.807, 2.05) is 37.3 Å². The molecule has 0 heterocycles. The molecule has 196 valence electrons. The number of carbonyl (C=O) groups is 2. The molecule has 1 aliphatic rings. The summed E-state index contributed by atoms with van der Waals surface area (Å²) < 4.78 is 27.7. The molecule has 2 aromatic rings. The van der Waals surface area contributed by atoms with Gasteiger partial charge in [-0.1, -0.05) is 67.3 Å². The van der Waals surface area contributed by atoms with Crippen LogP contribution in [0, 0.1) is 12.8 Å². The van der Waals surface area contributed by atoms with Crippen molar-refractivity contribution in [3.63, 3.8) is 0 Å². The quantitative estimate of drug-likeness (QED) is 0.402. The molecule has 1 atom stereocenters. The summed E-state index contributed by atoms with van der Waals surface area (Å²) in [5.74, 6) is -0.608. The maximum Gasteiger partial charge on any atom is 0.243 e. The molecule has 0 aromatic heterocycles. The van der Waals surface area contributed by atoms with Gasteiger partial charge < -0.3 is 15.3 Å². The molecule has 1 unspecified atom stereocenters. The maximum atomic E-state index is 13.4. The predicted octanol–water partition coefficient (Wildman–Crippen LogP) is 2.75. The molecular weight excluding hydrogens is 478 g/mol. The zero-order valence-corrected chi connectivity index (χ0v) is 21.7. The van der Waals surface area contributed by atoms with Crippen molar-refractivity contribution in [2.45, 2.75) is 62.9 Å². The molecule has 2 aromatic carbocycles. The summed E-state index contributed by atoms with van der Waals surface area (Å²) in [5.41, 5.74) is 1.90. The topological polar surface area (TPSA) is 116 Å². The van der Waals surface area contributed by atoms with Crippen molar-refractivity contribution in [1.29, 1.82) is 0 Å². The molecule has 36 heavy (non-hydrogen) atoms. The fourth-order valence-corrected chi connectivity index (χ4v) is 5.74. The number of aliphatic hydroxyl groups excluding tert-OH is 1. The molecular formula is C27H37N3O5S. The second kappa shape index (κ2) is 13.5. The van der Waals surface area contributed by atoms with Crippen molar-refractivity contribution >= 4 is 21.8 Å². The van der Waals surface area contributed by atoms with E-state index in [0.29, 0.717) is 6.54 Å². The Kier molecular flexibility index (Phi) is 10.5. The lowest BCUT2D eigenvalue weighted by atomic mass is 9.82. The van der Waals surface area contributed by atoms with Crippen LogP contribution >= 0.6 is 0 Å². The van der Waals surface area contributed by atoms with Crippen LogP contribution in [0.1, 0.15) is 49.7 Å². The number of hydrogen-bond acceptors (Lipinski definition) is 5. The van der Waals surface area contributed by atoms with E-state index in [9.17, 15) is 23.1 Å². The number of sulfonamides is 1. The van der Waals surface area contributed by atoms with Crippen LogP contribution in [0.15, 0.2) is 59.5 Å². The number of aliphatic hydroxyl groups is 1. The van der Waals surface area contributed by atoms with Crippen LogP contribution in [0.4, 0.5) is 0 Å². The standard InChI is InChI=1S/C27H37N3O5S/c1-21-12-14-24(15-13-21)36(34,35)29-17-16-25(32)30(18-19-31)26(23-10-6-3-7-11-23)27(33)28-20-22-8-4-2-5-9-22/h2,4-5,8-9,12-15,23,26,29,31H,3,6-7,10-11,16-20H2,1H3,(H,28,33). The molecule has 0 spiro atoms. The van der Waals surface area contributed by atoms with Gasteiger partial charge in [0.05, 0.1) is 11.5 Å². The number of aryl methyl sites for hydroxylation is 1. The zero-order chi connectivity index (χ0) is 26.0. The van der Waals surface area contributed by atoms with E-state index in [4.69, 9.17) is 0 Å². The first-order valence-corrected chi connectivity index (χ1v) is 14.1. The fraction of sp³-hybridized carbons (Fsp3) is 0.481. The molecule has 3 N–H and O–H groups in total. The molecule has 2 amide bonds. The Morgan fingerprint density at radius 3 is 2.33 bits per heavy atom. The first-order valence-electron chi connectivity index (χ1n) is 12.6. The normalized spacial score (nSPS) is 15.3. The fourth-order valence-electron chi connectivity index (χ4n) is 4.71. The number of benzene rings is 2. The minimum atomic E-state index is -3.76. The highest BCUT2D eigenvalue weighted by Gasteiger charge is 2.36. The van der Waals surface area contributed by atoms with Gasteiger partial charge in [0.15, 0.2) is 0 Å². The van der Waals surface area contributed by atoms with Gasteiger partial charge in [-0.3, -0.25) is 9.59 Å². The van der Waals surface area contributed by atoms with Crippen LogP contribution in [0.2, 0.25) is 0 Å². The summed E-state index contributed by atoms with van der Waals surface area (Å²) in [4.78, 5) is 28.2. The Morgan fingerprint density at radius 2 is 1.69 bits per heavy atom. The molecule has 1 fully saturated rings. The summed E-state index contributed by atoms with van der Waals surface area (Å²) in [6.07, 6.45) is 4.64. The first-order chi connectivity index (χ1) is 17.3. The highest BCUT2D eigenvalue weighted by Crippen LogP contribution is 2.30. The van der Waals surface area contributed by atoms with E-state index in [-0.39, 0.29) is 48.7 Å². The van der Waals surface area contributed by atoms with Gasteiger partial charge in [-0.25, -0.2) is 13.1 Å². The summed E-state index contributed by atoms with van der Waals surface area (Å²) in [6.45, 7) is 1.86. The van der Waals surface area contributed by atoms with E-state index in [2.05, 4.69) is 10.0 Å². The van der Waals surface area contributed by atoms with Gasteiger partial charge in [0, 0.05) is 26.1 Å². The van der Waals surface area contributed by atoms with Crippen LogP contribution in [0.5, 0.6) is 0 Å². The van der Waals surface area contributed by atoms with E-state index in [1.54, 1.807) is 12.1 Å². The Hall–Kier alpha value is -2.75. The van der Waals surface area contributed by atoms with Gasteiger partial charge in [-0.2, -0.15) is 0 Å². The van der Waals surface area contributed by atoms with Crippen LogP contribution in [-0.4, -0.2) is 56.0 Å². The molecule has 3 rings (SSSR count). The van der Waals surface area contributed by atoms with Crippen LogP contribution in [0.25, 0.3) is 0 Å². The van der Waals surface area contributed by atoms with Gasteiger partial charge in [0.1, 0.15) is 6.04 Å². The summed E-state index contributed by atoms with van der Waals surface area (Å²) in [6, 6.07) is 15.3. The average molecular weight is 516 g/mol. The number of nitrogens with zero attached hydrogens (tertiary/aromatic N) is 1. The Labute approximate surface area is 214 Å². The van der Waals surface area contributed by atoms with Gasteiger partial charge in [0.2, 0.25) is 21.8 Å². The lowest BCUT2D eigenvalue weighted by molar-refractivity contribution is -0.143. The molecule has 9 heteroatoms. The number of amides is 2. The lowest BCUT2D eigenvalue weighted by Gasteiger charge is -2.37. The predicted molar refractivity (Wildman–Crippen MR) is 138 cm³/mol. The Morgan fingerprint density at radius 1 is 1.03 bits per heavy atom. The van der Waals surface area contributed by atoms with E-state index in [1.165, 1.54) is 17.0 Å². The molecule has 1 aliphatic carbocycles. The van der Waals surface area contributed by atoms with Crippen molar-refractivity contribution in [1.82, 2.24) is 14.9 Å². The monoisotopic (exact) mass is 515 g/mol. The molecule has 0 aliphatic heterocycles. The van der Waals surface area contributed by atoms with E-state index >= 15 is 0 Å². The smallest absolute Gasteiger partial charge is 0.243 e. The van der Waals surface area contributed by atoms with E-state index in [0.717, 1.165) is 43.2 Å². The third-order valence-corrected chi connectivity index (χ3v) is 8.11. The molecule has 0 bridgehead atoms. The van der Waals surface area contributed by atoms with Crippen molar-refractivity contribution < 1.29 is 23.1 Å². The highest BCUT2D eigenvalue weighted by atomic mass is 32.2. The van der Waals surface area contributed by atoms with Gasteiger partial charge in [-0.15, -0.1) is 0 Å². The van der Waals surface area contributed by atoms with Gasteiger partial charge in [-0.05, 0) is 43.4 Å². The minimum Gasteiger partial charge on any atom is -0.395 e. The third-order valence-electron chi connectivity index (χ3n) is 6.63. The molecule has 0 radical (unpaired) electrons. The second-order valence-electron chi connectivity index (χ2n) is 9.32. The number of carbonyl (C=O) groups excluding carboxylic acids is 2. The Bertz CT molecular complexity index is 1080. The van der Waals surface area contributed by atoms with Gasteiger partial charge >= 0.3 is 0 Å². The Balaban J connectivity index is 1.69. The van der Waals surface area contributed by atoms with Crippen molar-refractivity contribution in [2.24, 2.45) is 5.92 Å². The summed E-state index contributed by atoms with van der Waals surface area (Å²) in [5, 5.41) is 12.7. The molecule has 0 saturated heterocycles. The van der Waals surface area contributed by atoms with Gasteiger partial charge in [0.25, 0.3) is 0 Å². The summed E-state index contributed by atoms with van der Waals surface area (Å²) >= 11 is 0. The van der Waals surface area contributed by atoms with Crippen molar-refractivity contribution in [2.75, 3.05) is 19.7 Å². The van der Waals surface area contributed by atoms with Crippen LogP contribution in [-0.2, 0) is 26.2 Å².